The van der Waals surface area contributed by atoms with Gasteiger partial charge in [-0.2, -0.15) is 0 Å². The largest absolute Gasteiger partial charge is 0.392 e. The molecule has 0 saturated carbocycles. The Hall–Kier alpha value is -1.04. The van der Waals surface area contributed by atoms with Gasteiger partial charge < -0.3 is 73.6 Å². The molecule has 3 aliphatic heterocycles. The zero-order chi connectivity index (χ0) is 37.3. The van der Waals surface area contributed by atoms with Gasteiger partial charge in [-0.25, -0.2) is 0 Å². The van der Waals surface area contributed by atoms with Crippen LogP contribution in [0.1, 0.15) is 73.1 Å². The molecule has 292 valence electrons. The lowest BCUT2D eigenvalue weighted by atomic mass is 9.76. The molecule has 3 heterocycles. The second-order valence-electron chi connectivity index (χ2n) is 14.0. The van der Waals surface area contributed by atoms with Crippen LogP contribution in [0.3, 0.4) is 0 Å². The first-order chi connectivity index (χ1) is 23.6. The Morgan fingerprint density at radius 1 is 0.900 bits per heavy atom. The summed E-state index contributed by atoms with van der Waals surface area (Å²) in [7, 11) is 4.37. The Balaban J connectivity index is 1.65. The zero-order valence-corrected chi connectivity index (χ0v) is 30.7. The minimum atomic E-state index is -2.36. The molecule has 3 saturated heterocycles. The molecule has 18 atom stereocenters. The molecule has 0 amide bonds. The summed E-state index contributed by atoms with van der Waals surface area (Å²) in [5, 5.41) is 77.1. The van der Waals surface area contributed by atoms with Gasteiger partial charge in [-0.05, 0) is 27.2 Å². The van der Waals surface area contributed by atoms with Gasteiger partial charge >= 0.3 is 0 Å². The lowest BCUT2D eigenvalue weighted by Gasteiger charge is -2.51. The Bertz CT molecular complexity index is 1040. The lowest BCUT2D eigenvalue weighted by Crippen LogP contribution is -2.65. The normalized spacial score (nSPS) is 41.0. The van der Waals surface area contributed by atoms with Crippen LogP contribution in [0.5, 0.6) is 0 Å². The Morgan fingerprint density at radius 3 is 2.18 bits per heavy atom. The van der Waals surface area contributed by atoms with E-state index >= 15 is 0 Å². The summed E-state index contributed by atoms with van der Waals surface area (Å²) in [5.41, 5.74) is 0. The zero-order valence-electron chi connectivity index (χ0n) is 30.7. The molecule has 3 fully saturated rings. The van der Waals surface area contributed by atoms with Crippen molar-refractivity contribution in [1.29, 1.82) is 0 Å². The first-order valence-corrected chi connectivity index (χ1v) is 17.7. The predicted octanol–water partition coefficient (Wildman–Crippen LogP) is -0.188. The lowest BCUT2D eigenvalue weighted by molar-refractivity contribution is -0.365. The molecule has 0 bridgehead atoms. The van der Waals surface area contributed by atoms with Crippen LogP contribution in [-0.4, -0.2) is 161 Å². The smallest absolute Gasteiger partial charge is 0.199 e. The third-order valence-electron chi connectivity index (χ3n) is 10.5. The molecule has 0 aromatic carbocycles. The van der Waals surface area contributed by atoms with Crippen molar-refractivity contribution in [3.63, 3.8) is 0 Å². The van der Waals surface area contributed by atoms with Crippen molar-refractivity contribution in [2.45, 2.75) is 171 Å². The van der Waals surface area contributed by atoms with E-state index in [2.05, 4.69) is 11.8 Å². The molecule has 15 heteroatoms. The first-order valence-electron chi connectivity index (χ1n) is 17.7. The molecule has 3 aliphatic rings. The number of aliphatic hydroxyl groups is 7. The van der Waals surface area contributed by atoms with Crippen LogP contribution in [0.4, 0.5) is 0 Å². The highest BCUT2D eigenvalue weighted by Gasteiger charge is 2.56. The topological polar surface area (TPSA) is 215 Å². The monoisotopic (exact) mass is 722 g/mol. The Kier molecular flexibility index (Phi) is 17.2. The molecule has 0 aliphatic carbocycles. The van der Waals surface area contributed by atoms with Crippen molar-refractivity contribution in [3.8, 4) is 11.8 Å². The minimum absolute atomic E-state index is 0.0565. The highest BCUT2D eigenvalue weighted by molar-refractivity contribution is 5.00. The van der Waals surface area contributed by atoms with Crippen LogP contribution < -0.4 is 0 Å². The highest BCUT2D eigenvalue weighted by Crippen LogP contribution is 2.41. The van der Waals surface area contributed by atoms with Crippen LogP contribution in [0, 0.1) is 23.7 Å². The quantitative estimate of drug-likeness (QED) is 0.0970. The van der Waals surface area contributed by atoms with Crippen molar-refractivity contribution in [1.82, 2.24) is 0 Å². The van der Waals surface area contributed by atoms with E-state index in [1.807, 2.05) is 0 Å². The van der Waals surface area contributed by atoms with E-state index in [0.29, 0.717) is 12.8 Å². The molecule has 50 heavy (non-hydrogen) atoms. The molecule has 0 spiro atoms. The van der Waals surface area contributed by atoms with Crippen molar-refractivity contribution in [2.24, 2.45) is 11.8 Å². The van der Waals surface area contributed by atoms with Gasteiger partial charge in [-0.3, -0.25) is 0 Å². The number of hydrogen-bond donors (Lipinski definition) is 7. The van der Waals surface area contributed by atoms with E-state index in [9.17, 15) is 35.7 Å². The fraction of sp³-hybridized carbons (Fsp3) is 0.943. The van der Waals surface area contributed by atoms with E-state index in [-0.39, 0.29) is 32.3 Å². The van der Waals surface area contributed by atoms with Gasteiger partial charge in [0.1, 0.15) is 18.3 Å². The van der Waals surface area contributed by atoms with Crippen LogP contribution in [0.25, 0.3) is 0 Å². The van der Waals surface area contributed by atoms with Crippen molar-refractivity contribution in [2.75, 3.05) is 27.9 Å². The third kappa shape index (κ3) is 10.8. The summed E-state index contributed by atoms with van der Waals surface area (Å²) >= 11 is 0. The molecule has 0 radical (unpaired) electrons. The van der Waals surface area contributed by atoms with Gasteiger partial charge in [0, 0.05) is 65.3 Å². The average Bonchev–Trinajstić information content (AvgIpc) is 3.07. The Morgan fingerprint density at radius 2 is 1.58 bits per heavy atom. The summed E-state index contributed by atoms with van der Waals surface area (Å²) in [5.74, 6) is 1.73. The standard InChI is InChI=1S/C35H62O15/c1-9-10-11-12-23(36)27(44-7)14-25(38)34(41)35(42)19(3)31(39)18(2)26(50-35)13-22(17-43-6)48-29-15-24(37)33(21(5)47-29)49-30-16-28(45-8)32(40)20(4)46-30/h18-34,36-42H,11-17H2,1-8H3/t18-,19+,20+,21-,22+,23-,24-,25-,26+,27-,28+,29-,30-,31-,32+,33-,34+,35+/m0/s1. The highest BCUT2D eigenvalue weighted by atomic mass is 16.7. The van der Waals surface area contributed by atoms with Crippen LogP contribution in [0.2, 0.25) is 0 Å². The Labute approximate surface area is 296 Å². The van der Waals surface area contributed by atoms with Crippen molar-refractivity contribution in [3.05, 3.63) is 0 Å². The summed E-state index contributed by atoms with van der Waals surface area (Å²) in [4.78, 5) is 0. The molecule has 3 rings (SSSR count). The molecule has 0 aromatic rings. The maximum Gasteiger partial charge on any atom is 0.199 e. The third-order valence-corrected chi connectivity index (χ3v) is 10.5. The summed E-state index contributed by atoms with van der Waals surface area (Å²) in [6.07, 6.45) is -12.8. The van der Waals surface area contributed by atoms with Crippen molar-refractivity contribution < 1.29 is 73.6 Å². The van der Waals surface area contributed by atoms with Gasteiger partial charge in [0.25, 0.3) is 0 Å². The van der Waals surface area contributed by atoms with Crippen LogP contribution in [0.15, 0.2) is 0 Å². The maximum atomic E-state index is 11.7. The molecule has 7 N–H and O–H groups in total. The number of rotatable bonds is 17. The number of hydrogen-bond acceptors (Lipinski definition) is 15. The molecular formula is C35H62O15. The first kappa shape index (κ1) is 43.4. The van der Waals surface area contributed by atoms with E-state index < -0.39 is 110 Å². The molecule has 15 nitrogen and oxygen atoms in total. The van der Waals surface area contributed by atoms with Crippen molar-refractivity contribution >= 4 is 0 Å². The predicted molar refractivity (Wildman–Crippen MR) is 177 cm³/mol. The van der Waals surface area contributed by atoms with E-state index in [1.54, 1.807) is 27.7 Å². The van der Waals surface area contributed by atoms with E-state index in [4.69, 9.17) is 37.9 Å². The molecular weight excluding hydrogens is 660 g/mol. The molecule has 0 aromatic heterocycles. The summed E-state index contributed by atoms with van der Waals surface area (Å²) < 4.78 is 46.5. The second-order valence-corrected chi connectivity index (χ2v) is 14.0. The number of aliphatic hydroxyl groups excluding tert-OH is 6. The van der Waals surface area contributed by atoms with Gasteiger partial charge in [0.05, 0.1) is 67.6 Å². The number of methoxy groups -OCH3 is 3. The SMILES string of the molecule is CC#CCC[C@H](O)[C@H](C[C@H](O)[C@@H](O)[C@]1(O)O[C@H](C[C@H](COC)O[C@H]2C[C@H](O)[C@@H](O[C@H]3C[C@@H](OC)[C@H](O)[C@@H](C)O3)[C@H](C)O2)[C@H](C)[C@H](O)[C@H]1C)OC. The summed E-state index contributed by atoms with van der Waals surface area (Å²) in [6.45, 7) is 8.51. The number of ether oxygens (including phenoxy) is 8. The second kappa shape index (κ2) is 19.9. The molecule has 0 unspecified atom stereocenters. The van der Waals surface area contributed by atoms with Crippen LogP contribution in [-0.2, 0) is 37.9 Å². The van der Waals surface area contributed by atoms with Gasteiger partial charge in [-0.1, -0.05) is 13.8 Å². The van der Waals surface area contributed by atoms with Gasteiger partial charge in [0.2, 0.25) is 0 Å². The minimum Gasteiger partial charge on any atom is -0.392 e. The average molecular weight is 723 g/mol. The maximum absolute atomic E-state index is 11.7. The summed E-state index contributed by atoms with van der Waals surface area (Å²) in [6, 6.07) is 0. The fourth-order valence-electron chi connectivity index (χ4n) is 7.20. The van der Waals surface area contributed by atoms with E-state index in [1.165, 1.54) is 28.3 Å². The van der Waals surface area contributed by atoms with Gasteiger partial charge in [0.15, 0.2) is 18.4 Å². The van der Waals surface area contributed by atoms with E-state index in [0.717, 1.165) is 0 Å². The van der Waals surface area contributed by atoms with Crippen LogP contribution >= 0.6 is 0 Å². The fourth-order valence-corrected chi connectivity index (χ4v) is 7.20. The van der Waals surface area contributed by atoms with Gasteiger partial charge in [-0.15, -0.1) is 11.8 Å².